The number of hydrogen-bond donors (Lipinski definition) is 2. The van der Waals surface area contributed by atoms with Crippen molar-refractivity contribution in [2.24, 2.45) is 0 Å². The van der Waals surface area contributed by atoms with Crippen LogP contribution in [0.4, 0.5) is 17.1 Å². The van der Waals surface area contributed by atoms with Gasteiger partial charge in [-0.15, -0.1) is 0 Å². The van der Waals surface area contributed by atoms with Crippen molar-refractivity contribution >= 4 is 51.9 Å². The fraction of sp³-hybridized carbons (Fsp3) is 0.222. The second-order valence-electron chi connectivity index (χ2n) is 6.07. The summed E-state index contributed by atoms with van der Waals surface area (Å²) in [6, 6.07) is 11.3. The van der Waals surface area contributed by atoms with Crippen LogP contribution in [0.25, 0.3) is 0 Å². The van der Waals surface area contributed by atoms with Crippen molar-refractivity contribution < 1.29 is 9.72 Å². The first-order chi connectivity index (χ1) is 12.9. The number of carbonyl (C=O) groups is 1. The molecule has 0 radical (unpaired) electrons. The maximum atomic E-state index is 12.4. The summed E-state index contributed by atoms with van der Waals surface area (Å²) in [6.45, 7) is 1.56. The van der Waals surface area contributed by atoms with E-state index in [2.05, 4.69) is 10.6 Å². The Hall–Kier alpha value is -2.71. The Morgan fingerprint density at radius 3 is 2.44 bits per heavy atom. The number of benzene rings is 2. The average Bonchev–Trinajstić information content (AvgIpc) is 3.17. The van der Waals surface area contributed by atoms with E-state index in [9.17, 15) is 14.9 Å². The van der Waals surface area contributed by atoms with Crippen LogP contribution in [0.1, 0.15) is 23.2 Å². The van der Waals surface area contributed by atoms with E-state index in [0.29, 0.717) is 16.4 Å². The Kier molecular flexibility index (Phi) is 5.88. The van der Waals surface area contributed by atoms with Gasteiger partial charge in [-0.05, 0) is 61.5 Å². The zero-order chi connectivity index (χ0) is 19.4. The average molecular weight is 405 g/mol. The summed E-state index contributed by atoms with van der Waals surface area (Å²) < 4.78 is 0. The van der Waals surface area contributed by atoms with Gasteiger partial charge in [0.15, 0.2) is 5.11 Å². The van der Waals surface area contributed by atoms with Gasteiger partial charge in [0.25, 0.3) is 11.6 Å². The van der Waals surface area contributed by atoms with Crippen molar-refractivity contribution in [2.45, 2.75) is 12.8 Å². The van der Waals surface area contributed by atoms with Crippen LogP contribution in [-0.2, 0) is 0 Å². The van der Waals surface area contributed by atoms with Gasteiger partial charge in [-0.1, -0.05) is 11.6 Å². The number of thiocarbonyl (C=S) groups is 1. The molecule has 0 aliphatic carbocycles. The molecule has 0 atom stereocenters. The van der Waals surface area contributed by atoms with Crippen LogP contribution >= 0.6 is 23.8 Å². The number of carbonyl (C=O) groups excluding carboxylic acids is 1. The van der Waals surface area contributed by atoms with Gasteiger partial charge in [0.05, 0.1) is 4.92 Å². The molecule has 2 aromatic rings. The summed E-state index contributed by atoms with van der Waals surface area (Å²) in [6.07, 6.45) is 2.01. The zero-order valence-corrected chi connectivity index (χ0v) is 15.8. The first-order valence-electron chi connectivity index (χ1n) is 8.35. The highest BCUT2D eigenvalue weighted by atomic mass is 35.5. The number of rotatable bonds is 4. The maximum absolute atomic E-state index is 12.4. The zero-order valence-electron chi connectivity index (χ0n) is 14.3. The van der Waals surface area contributed by atoms with E-state index in [4.69, 9.17) is 23.8 Å². The Morgan fingerprint density at radius 2 is 1.81 bits per heavy atom. The normalized spacial score (nSPS) is 13.3. The lowest BCUT2D eigenvalue weighted by atomic mass is 10.1. The fourth-order valence-corrected chi connectivity index (χ4v) is 3.24. The monoisotopic (exact) mass is 404 g/mol. The predicted octanol–water partition coefficient (Wildman–Crippen LogP) is 3.98. The molecule has 0 bridgehead atoms. The minimum absolute atomic E-state index is 0.0823. The van der Waals surface area contributed by atoms with Gasteiger partial charge >= 0.3 is 0 Å². The highest BCUT2D eigenvalue weighted by molar-refractivity contribution is 7.80. The number of amides is 1. The summed E-state index contributed by atoms with van der Waals surface area (Å²) >= 11 is 10.9. The van der Waals surface area contributed by atoms with Gasteiger partial charge < -0.3 is 10.2 Å². The third kappa shape index (κ3) is 4.72. The van der Waals surface area contributed by atoms with Crippen molar-refractivity contribution in [3.05, 3.63) is 63.2 Å². The largest absolute Gasteiger partial charge is 0.366 e. The summed E-state index contributed by atoms with van der Waals surface area (Å²) in [7, 11) is 0. The maximum Gasteiger partial charge on any atom is 0.293 e. The standard InChI is InChI=1S/C18H17ClN4O3S/c19-13-4-6-14(7-5-13)20-18(27)21-17(24)12-3-8-15(16(11-12)23(25)26)22-9-1-2-10-22/h3-8,11H,1-2,9-10H2,(H2,20,21,24,27). The first-order valence-corrected chi connectivity index (χ1v) is 9.14. The molecular weight excluding hydrogens is 388 g/mol. The molecule has 2 aromatic carbocycles. The molecule has 140 valence electrons. The van der Waals surface area contributed by atoms with E-state index in [1.165, 1.54) is 6.07 Å². The van der Waals surface area contributed by atoms with E-state index >= 15 is 0 Å². The first kappa shape index (κ1) is 19.1. The summed E-state index contributed by atoms with van der Waals surface area (Å²) in [5, 5.41) is 17.5. The molecule has 0 aromatic heterocycles. The molecule has 27 heavy (non-hydrogen) atoms. The minimum atomic E-state index is -0.516. The molecule has 7 nitrogen and oxygen atoms in total. The summed E-state index contributed by atoms with van der Waals surface area (Å²) in [5.41, 5.74) is 1.29. The minimum Gasteiger partial charge on any atom is -0.366 e. The van der Waals surface area contributed by atoms with Gasteiger partial charge in [-0.25, -0.2) is 0 Å². The Balaban J connectivity index is 1.72. The van der Waals surface area contributed by atoms with Crippen molar-refractivity contribution in [3.63, 3.8) is 0 Å². The van der Waals surface area contributed by atoms with E-state index in [-0.39, 0.29) is 16.4 Å². The highest BCUT2D eigenvalue weighted by Crippen LogP contribution is 2.31. The molecule has 1 saturated heterocycles. The third-order valence-electron chi connectivity index (χ3n) is 4.21. The molecular formula is C18H17ClN4O3S. The van der Waals surface area contributed by atoms with Crippen molar-refractivity contribution in [3.8, 4) is 0 Å². The topological polar surface area (TPSA) is 87.5 Å². The number of nitro groups is 1. The molecule has 0 saturated carbocycles. The second kappa shape index (κ2) is 8.32. The highest BCUT2D eigenvalue weighted by Gasteiger charge is 2.24. The molecule has 1 amide bonds. The number of hydrogen-bond acceptors (Lipinski definition) is 5. The molecule has 2 N–H and O–H groups in total. The van der Waals surface area contributed by atoms with Gasteiger partial charge in [0.1, 0.15) is 5.69 Å². The number of nitro benzene ring substituents is 1. The van der Waals surface area contributed by atoms with Crippen LogP contribution < -0.4 is 15.5 Å². The lowest BCUT2D eigenvalue weighted by Gasteiger charge is -2.18. The van der Waals surface area contributed by atoms with E-state index in [1.54, 1.807) is 36.4 Å². The third-order valence-corrected chi connectivity index (χ3v) is 4.67. The van der Waals surface area contributed by atoms with Gasteiger partial charge in [-0.3, -0.25) is 20.2 Å². The predicted molar refractivity (Wildman–Crippen MR) is 110 cm³/mol. The second-order valence-corrected chi connectivity index (χ2v) is 6.91. The number of halogens is 1. The van der Waals surface area contributed by atoms with Crippen LogP contribution in [0.3, 0.4) is 0 Å². The summed E-state index contributed by atoms with van der Waals surface area (Å²) in [4.78, 5) is 25.4. The van der Waals surface area contributed by atoms with Gasteiger partial charge in [0.2, 0.25) is 0 Å². The lowest BCUT2D eigenvalue weighted by Crippen LogP contribution is -2.34. The molecule has 1 aliphatic rings. The number of nitrogens with one attached hydrogen (secondary N) is 2. The lowest BCUT2D eigenvalue weighted by molar-refractivity contribution is -0.384. The molecule has 0 unspecified atom stereocenters. The van der Waals surface area contributed by atoms with Crippen LogP contribution in [0.2, 0.25) is 5.02 Å². The number of nitrogens with zero attached hydrogens (tertiary/aromatic N) is 2. The smallest absolute Gasteiger partial charge is 0.293 e. The van der Waals surface area contributed by atoms with Crippen molar-refractivity contribution in [1.29, 1.82) is 0 Å². The summed E-state index contributed by atoms with van der Waals surface area (Å²) in [5.74, 6) is -0.516. The number of anilines is 2. The van der Waals surface area contributed by atoms with Gasteiger partial charge in [-0.2, -0.15) is 0 Å². The van der Waals surface area contributed by atoms with E-state index in [1.807, 2.05) is 4.90 Å². The molecule has 1 heterocycles. The molecule has 3 rings (SSSR count). The van der Waals surface area contributed by atoms with E-state index in [0.717, 1.165) is 25.9 Å². The van der Waals surface area contributed by atoms with Crippen LogP contribution in [0.5, 0.6) is 0 Å². The molecule has 9 heteroatoms. The quantitative estimate of drug-likeness (QED) is 0.455. The molecule has 1 fully saturated rings. The van der Waals surface area contributed by atoms with Crippen LogP contribution in [-0.4, -0.2) is 29.0 Å². The van der Waals surface area contributed by atoms with E-state index < -0.39 is 10.8 Å². The van der Waals surface area contributed by atoms with Gasteiger partial charge in [0, 0.05) is 35.4 Å². The van der Waals surface area contributed by atoms with Crippen LogP contribution in [0, 0.1) is 10.1 Å². The van der Waals surface area contributed by atoms with Crippen molar-refractivity contribution in [2.75, 3.05) is 23.3 Å². The Labute approximate surface area is 166 Å². The molecule has 0 spiro atoms. The van der Waals surface area contributed by atoms with Crippen LogP contribution in [0.15, 0.2) is 42.5 Å². The molecule has 1 aliphatic heterocycles. The Bertz CT molecular complexity index is 883. The SMILES string of the molecule is O=C(NC(=S)Nc1ccc(Cl)cc1)c1ccc(N2CCCC2)c([N+](=O)[O-])c1. The fourth-order valence-electron chi connectivity index (χ4n) is 2.91. The van der Waals surface area contributed by atoms with Crippen molar-refractivity contribution in [1.82, 2.24) is 5.32 Å². The Morgan fingerprint density at radius 1 is 1.15 bits per heavy atom.